The number of aryl methyl sites for hydroxylation is 4. The van der Waals surface area contributed by atoms with Gasteiger partial charge in [-0.3, -0.25) is 0 Å². The normalized spacial score (nSPS) is 11.4. The van der Waals surface area contributed by atoms with Gasteiger partial charge in [0.1, 0.15) is 0 Å². The van der Waals surface area contributed by atoms with Crippen LogP contribution in [0.3, 0.4) is 0 Å². The van der Waals surface area contributed by atoms with Crippen molar-refractivity contribution < 1.29 is 13.3 Å². The third-order valence-electron chi connectivity index (χ3n) is 7.84. The summed E-state index contributed by atoms with van der Waals surface area (Å²) in [6.07, 6.45) is 0. The van der Waals surface area contributed by atoms with Gasteiger partial charge in [0.2, 0.25) is 0 Å². The summed E-state index contributed by atoms with van der Waals surface area (Å²) in [4.78, 5) is 4.60. The molecule has 0 unspecified atom stereocenters. The summed E-state index contributed by atoms with van der Waals surface area (Å²) in [6.45, 7) is 8.52. The molecule has 5 aromatic carbocycles. The van der Waals surface area contributed by atoms with E-state index in [1.165, 1.54) is 16.7 Å². The number of benzene rings is 5. The highest BCUT2D eigenvalue weighted by Crippen LogP contribution is 2.41. The zero-order valence-electron chi connectivity index (χ0n) is 26.1. The molecule has 43 heavy (non-hydrogen) atoms. The van der Waals surface area contributed by atoms with Crippen molar-refractivity contribution in [2.75, 3.05) is 31.1 Å². The van der Waals surface area contributed by atoms with Crippen molar-refractivity contribution in [2.24, 2.45) is 0 Å². The Labute approximate surface area is 257 Å². The number of nitrogens with zero attached hydrogens (tertiary/aromatic N) is 2. The van der Waals surface area contributed by atoms with Crippen LogP contribution in [0.2, 0.25) is 0 Å². The van der Waals surface area contributed by atoms with Crippen molar-refractivity contribution in [1.29, 1.82) is 0 Å². The Bertz CT molecular complexity index is 1590. The van der Waals surface area contributed by atoms with Crippen molar-refractivity contribution >= 4 is 48.1 Å². The summed E-state index contributed by atoms with van der Waals surface area (Å²) in [5.41, 5.74) is 11.4. The Hall–Kier alpha value is -4.20. The van der Waals surface area contributed by atoms with Gasteiger partial charge in [0.05, 0.1) is 0 Å². The minimum absolute atomic E-state index is 0.909. The average molecular weight is 589 g/mol. The largest absolute Gasteiger partial charge is 0.536 e. The molecule has 5 nitrogen and oxygen atoms in total. The fraction of sp³-hybridized carbons (Fsp3) is 0.189. The second-order valence-corrected chi connectivity index (χ2v) is 13.8. The van der Waals surface area contributed by atoms with Crippen LogP contribution in [0.25, 0.3) is 0 Å². The highest BCUT2D eigenvalue weighted by molar-refractivity contribution is 6.75. The molecule has 220 valence electrons. The maximum atomic E-state index is 5.72. The molecule has 0 amide bonds. The minimum atomic E-state index is -2.94. The molecule has 0 radical (unpaired) electrons. The predicted molar refractivity (Wildman–Crippen MR) is 181 cm³/mol. The van der Waals surface area contributed by atoms with E-state index in [4.69, 9.17) is 13.3 Å². The van der Waals surface area contributed by atoms with Gasteiger partial charge in [-0.05, 0) is 100.0 Å². The molecular weight excluding hydrogens is 549 g/mol. The Morgan fingerprint density at radius 3 is 1.14 bits per heavy atom. The Kier molecular flexibility index (Phi) is 9.13. The van der Waals surface area contributed by atoms with Crippen molar-refractivity contribution in [3.63, 3.8) is 0 Å². The number of anilines is 6. The maximum Gasteiger partial charge on any atom is 0.536 e. The quantitative estimate of drug-likeness (QED) is 0.152. The van der Waals surface area contributed by atoms with E-state index >= 15 is 0 Å². The first kappa shape index (κ1) is 30.3. The van der Waals surface area contributed by atoms with Gasteiger partial charge in [0.15, 0.2) is 0 Å². The van der Waals surface area contributed by atoms with Crippen LogP contribution in [0.4, 0.5) is 34.1 Å². The molecule has 5 aromatic rings. The highest BCUT2D eigenvalue weighted by atomic mass is 28.4. The summed E-state index contributed by atoms with van der Waals surface area (Å²) >= 11 is 0. The van der Waals surface area contributed by atoms with Gasteiger partial charge in [-0.2, -0.15) is 0 Å². The second-order valence-electron chi connectivity index (χ2n) is 10.9. The Balaban J connectivity index is 1.61. The van der Waals surface area contributed by atoms with Crippen LogP contribution in [0, 0.1) is 27.7 Å². The van der Waals surface area contributed by atoms with Crippen LogP contribution in [0.15, 0.2) is 115 Å². The molecule has 0 aromatic heterocycles. The van der Waals surface area contributed by atoms with E-state index in [2.05, 4.69) is 141 Å². The van der Waals surface area contributed by atoms with Gasteiger partial charge >= 0.3 is 8.80 Å². The smallest absolute Gasteiger partial charge is 0.373 e. The lowest BCUT2D eigenvalue weighted by atomic mass is 10.1. The molecule has 0 heterocycles. The van der Waals surface area contributed by atoms with Crippen LogP contribution < -0.4 is 15.0 Å². The van der Waals surface area contributed by atoms with Gasteiger partial charge in [-0.25, -0.2) is 0 Å². The average Bonchev–Trinajstić information content (AvgIpc) is 3.03. The molecule has 0 atom stereocenters. The van der Waals surface area contributed by atoms with Crippen molar-refractivity contribution in [3.05, 3.63) is 138 Å². The molecule has 0 aliphatic carbocycles. The van der Waals surface area contributed by atoms with E-state index in [0.29, 0.717) is 0 Å². The maximum absolute atomic E-state index is 5.72. The van der Waals surface area contributed by atoms with E-state index in [1.54, 1.807) is 21.3 Å². The van der Waals surface area contributed by atoms with Gasteiger partial charge in [0.25, 0.3) is 0 Å². The van der Waals surface area contributed by atoms with Crippen LogP contribution >= 0.6 is 0 Å². The third kappa shape index (κ3) is 6.28. The molecule has 6 heteroatoms. The first-order valence-corrected chi connectivity index (χ1v) is 16.2. The Morgan fingerprint density at radius 2 is 0.767 bits per heavy atom. The first-order chi connectivity index (χ1) is 20.8. The number of hydrogen-bond acceptors (Lipinski definition) is 5. The van der Waals surface area contributed by atoms with E-state index in [0.717, 1.165) is 44.9 Å². The molecule has 0 bridgehead atoms. The molecule has 0 N–H and O–H groups in total. The van der Waals surface area contributed by atoms with E-state index < -0.39 is 8.80 Å². The lowest BCUT2D eigenvalue weighted by Crippen LogP contribution is -2.54. The molecule has 0 saturated heterocycles. The highest BCUT2D eigenvalue weighted by Gasteiger charge is 2.40. The molecular formula is C37H40N2O3Si. The minimum Gasteiger partial charge on any atom is -0.373 e. The summed E-state index contributed by atoms with van der Waals surface area (Å²) in [5, 5.41) is 0.909. The fourth-order valence-electron chi connectivity index (χ4n) is 5.40. The topological polar surface area (TPSA) is 34.2 Å². The zero-order chi connectivity index (χ0) is 30.6. The molecule has 0 aliphatic rings. The summed E-state index contributed by atoms with van der Waals surface area (Å²) in [5.74, 6) is 0. The first-order valence-electron chi connectivity index (χ1n) is 14.5. The van der Waals surface area contributed by atoms with Gasteiger partial charge in [-0.1, -0.05) is 65.2 Å². The van der Waals surface area contributed by atoms with Gasteiger partial charge in [0, 0.05) is 60.6 Å². The summed E-state index contributed by atoms with van der Waals surface area (Å²) in [7, 11) is 1.95. The predicted octanol–water partition coefficient (Wildman–Crippen LogP) is 8.94. The van der Waals surface area contributed by atoms with Crippen LogP contribution in [-0.2, 0) is 13.3 Å². The second kappa shape index (κ2) is 13.0. The van der Waals surface area contributed by atoms with E-state index in [1.807, 2.05) is 12.1 Å². The SMILES string of the molecule is CO[Si](OC)(OC)c1ccc(N(c2ccc(C)cc2)c2ccc(N(c3ccc(C)cc3)c3ccc(C)cc3)cc2C)cc1. The molecule has 5 rings (SSSR count). The fourth-order valence-corrected chi connectivity index (χ4v) is 7.19. The lowest BCUT2D eigenvalue weighted by molar-refractivity contribution is 0.140. The molecule has 0 saturated carbocycles. The molecule has 0 fully saturated rings. The summed E-state index contributed by atoms with van der Waals surface area (Å²) < 4.78 is 17.2. The lowest BCUT2D eigenvalue weighted by Gasteiger charge is -2.30. The Morgan fingerprint density at radius 1 is 0.419 bits per heavy atom. The zero-order valence-corrected chi connectivity index (χ0v) is 27.1. The monoisotopic (exact) mass is 588 g/mol. The van der Waals surface area contributed by atoms with Crippen LogP contribution in [-0.4, -0.2) is 30.1 Å². The number of rotatable bonds is 10. The van der Waals surface area contributed by atoms with Crippen molar-refractivity contribution in [1.82, 2.24) is 0 Å². The van der Waals surface area contributed by atoms with Crippen LogP contribution in [0.5, 0.6) is 0 Å². The number of hydrogen-bond donors (Lipinski definition) is 0. The van der Waals surface area contributed by atoms with Gasteiger partial charge in [-0.15, -0.1) is 0 Å². The summed E-state index contributed by atoms with van der Waals surface area (Å²) in [6, 6.07) is 41.0. The van der Waals surface area contributed by atoms with E-state index in [9.17, 15) is 0 Å². The van der Waals surface area contributed by atoms with Crippen LogP contribution in [0.1, 0.15) is 22.3 Å². The molecule has 0 spiro atoms. The van der Waals surface area contributed by atoms with Crippen molar-refractivity contribution in [2.45, 2.75) is 27.7 Å². The standard InChI is InChI=1S/C37H40N2O3Si/c1-27-8-14-31(15-9-27)38(32-16-10-28(2)11-17-32)35-22-25-37(30(4)26-35)39(33-18-12-29(3)13-19-33)34-20-23-36(24-21-34)43(40-5,41-6)42-7/h8-26H,1-7H3. The molecule has 0 aliphatic heterocycles. The van der Waals surface area contributed by atoms with Crippen molar-refractivity contribution in [3.8, 4) is 0 Å². The van der Waals surface area contributed by atoms with Gasteiger partial charge < -0.3 is 23.1 Å². The third-order valence-corrected chi connectivity index (χ3v) is 10.5. The van der Waals surface area contributed by atoms with E-state index in [-0.39, 0.29) is 0 Å².